The number of benzene rings is 2. The lowest BCUT2D eigenvalue weighted by Crippen LogP contribution is -2.27. The summed E-state index contributed by atoms with van der Waals surface area (Å²) >= 11 is 3.41. The molecule has 1 fully saturated rings. The molecule has 0 unspecified atom stereocenters. The lowest BCUT2D eigenvalue weighted by atomic mass is 10.1. The van der Waals surface area contributed by atoms with Gasteiger partial charge in [0.1, 0.15) is 0 Å². The van der Waals surface area contributed by atoms with E-state index >= 15 is 0 Å². The van der Waals surface area contributed by atoms with Gasteiger partial charge in [-0.25, -0.2) is 0 Å². The lowest BCUT2D eigenvalue weighted by Gasteiger charge is -2.15. The highest BCUT2D eigenvalue weighted by Crippen LogP contribution is 2.21. The summed E-state index contributed by atoms with van der Waals surface area (Å²) in [5.74, 6) is -0.135. The summed E-state index contributed by atoms with van der Waals surface area (Å²) in [5.41, 5.74) is 2.93. The minimum Gasteiger partial charge on any atom is -0.339 e. The van der Waals surface area contributed by atoms with E-state index < -0.39 is 0 Å². The molecule has 2 aromatic carbocycles. The smallest absolute Gasteiger partial charge is 0.255 e. The minimum absolute atomic E-state index is 0.0446. The van der Waals surface area contributed by atoms with Crippen LogP contribution in [0.1, 0.15) is 39.1 Å². The van der Waals surface area contributed by atoms with E-state index in [1.165, 1.54) is 0 Å². The molecule has 1 heterocycles. The Kier molecular flexibility index (Phi) is 5.00. The second-order valence-electron chi connectivity index (χ2n) is 5.99. The molecule has 1 N–H and O–H groups in total. The van der Waals surface area contributed by atoms with Gasteiger partial charge in [-0.2, -0.15) is 0 Å². The molecule has 0 spiro atoms. The van der Waals surface area contributed by atoms with E-state index in [-0.39, 0.29) is 11.8 Å². The molecule has 3 rings (SSSR count). The molecule has 0 radical (unpaired) electrons. The van der Waals surface area contributed by atoms with Gasteiger partial charge in [0, 0.05) is 34.4 Å². The van der Waals surface area contributed by atoms with Crippen LogP contribution in [0.2, 0.25) is 0 Å². The number of nitrogens with zero attached hydrogens (tertiary/aromatic N) is 1. The second kappa shape index (κ2) is 7.18. The first-order valence-electron chi connectivity index (χ1n) is 8.01. The molecule has 0 atom stereocenters. The molecule has 24 heavy (non-hydrogen) atoms. The van der Waals surface area contributed by atoms with Crippen LogP contribution < -0.4 is 5.32 Å². The Hall–Kier alpha value is -2.14. The first-order valence-corrected chi connectivity index (χ1v) is 8.81. The molecule has 4 nitrogen and oxygen atoms in total. The van der Waals surface area contributed by atoms with E-state index in [9.17, 15) is 9.59 Å². The maximum Gasteiger partial charge on any atom is 0.255 e. The number of nitrogens with one attached hydrogen (secondary N) is 1. The minimum atomic E-state index is -0.180. The van der Waals surface area contributed by atoms with Crippen LogP contribution in [0.3, 0.4) is 0 Å². The molecule has 1 saturated heterocycles. The fourth-order valence-corrected chi connectivity index (χ4v) is 3.30. The number of hydrogen-bond acceptors (Lipinski definition) is 2. The van der Waals surface area contributed by atoms with Gasteiger partial charge in [0.05, 0.1) is 0 Å². The average Bonchev–Trinajstić information content (AvgIpc) is 3.11. The summed E-state index contributed by atoms with van der Waals surface area (Å²) in [4.78, 5) is 26.5. The second-order valence-corrected chi connectivity index (χ2v) is 6.91. The molecule has 124 valence electrons. The van der Waals surface area contributed by atoms with Crippen LogP contribution in [0, 0.1) is 6.92 Å². The molecule has 1 aliphatic rings. The van der Waals surface area contributed by atoms with Gasteiger partial charge in [-0.15, -0.1) is 0 Å². The standard InChI is InChI=1S/C19H19BrN2O2/c1-13-12-16(20)8-9-17(13)21-18(23)14-4-6-15(7-5-14)19(24)22-10-2-3-11-22/h4-9,12H,2-3,10-11H2,1H3,(H,21,23). The molecule has 0 aliphatic carbocycles. The van der Waals surface area contributed by atoms with Crippen LogP contribution in [0.25, 0.3) is 0 Å². The van der Waals surface area contributed by atoms with Crippen LogP contribution in [-0.4, -0.2) is 29.8 Å². The quantitative estimate of drug-likeness (QED) is 0.856. The van der Waals surface area contributed by atoms with Gasteiger partial charge in [-0.1, -0.05) is 15.9 Å². The largest absolute Gasteiger partial charge is 0.339 e. The van der Waals surface area contributed by atoms with Gasteiger partial charge in [-0.3, -0.25) is 9.59 Å². The molecule has 0 aromatic heterocycles. The maximum atomic E-state index is 12.4. The molecule has 2 aromatic rings. The predicted octanol–water partition coefficient (Wildman–Crippen LogP) is 4.25. The van der Waals surface area contributed by atoms with E-state index in [4.69, 9.17) is 0 Å². The van der Waals surface area contributed by atoms with Crippen molar-refractivity contribution in [2.45, 2.75) is 19.8 Å². The van der Waals surface area contributed by atoms with Gasteiger partial charge >= 0.3 is 0 Å². The number of likely N-dealkylation sites (tertiary alicyclic amines) is 1. The summed E-state index contributed by atoms with van der Waals surface area (Å²) in [7, 11) is 0. The normalized spacial score (nSPS) is 13.8. The van der Waals surface area contributed by atoms with Crippen molar-refractivity contribution in [1.82, 2.24) is 4.90 Å². The molecule has 0 bridgehead atoms. The Morgan fingerprint density at radius 2 is 1.62 bits per heavy atom. The number of hydrogen-bond donors (Lipinski definition) is 1. The van der Waals surface area contributed by atoms with Crippen LogP contribution in [0.15, 0.2) is 46.9 Å². The molecule has 1 aliphatic heterocycles. The van der Waals surface area contributed by atoms with E-state index in [1.807, 2.05) is 30.0 Å². The van der Waals surface area contributed by atoms with Gasteiger partial charge in [0.2, 0.25) is 0 Å². The molecular formula is C19H19BrN2O2. The summed E-state index contributed by atoms with van der Waals surface area (Å²) in [6.07, 6.45) is 2.14. The number of rotatable bonds is 3. The molecular weight excluding hydrogens is 368 g/mol. The van der Waals surface area contributed by atoms with Crippen molar-refractivity contribution < 1.29 is 9.59 Å². The van der Waals surface area contributed by atoms with Crippen molar-refractivity contribution >= 4 is 33.4 Å². The van der Waals surface area contributed by atoms with Gasteiger partial charge in [0.25, 0.3) is 11.8 Å². The van der Waals surface area contributed by atoms with Crippen molar-refractivity contribution in [2.75, 3.05) is 18.4 Å². The van der Waals surface area contributed by atoms with Crippen LogP contribution in [0.4, 0.5) is 5.69 Å². The number of carbonyl (C=O) groups excluding carboxylic acids is 2. The number of amides is 2. The zero-order valence-electron chi connectivity index (χ0n) is 13.5. The van der Waals surface area contributed by atoms with E-state index in [2.05, 4.69) is 21.2 Å². The Morgan fingerprint density at radius 1 is 1.00 bits per heavy atom. The third kappa shape index (κ3) is 3.67. The highest BCUT2D eigenvalue weighted by atomic mass is 79.9. The Balaban J connectivity index is 1.70. The third-order valence-electron chi connectivity index (χ3n) is 4.22. The summed E-state index contributed by atoms with van der Waals surface area (Å²) in [5, 5.41) is 2.90. The van der Waals surface area contributed by atoms with Gasteiger partial charge < -0.3 is 10.2 Å². The fourth-order valence-electron chi connectivity index (χ4n) is 2.83. The van der Waals surface area contributed by atoms with Crippen LogP contribution >= 0.6 is 15.9 Å². The zero-order valence-corrected chi connectivity index (χ0v) is 15.1. The van der Waals surface area contributed by atoms with Gasteiger partial charge in [-0.05, 0) is 67.8 Å². The van der Waals surface area contributed by atoms with Crippen LogP contribution in [0.5, 0.6) is 0 Å². The van der Waals surface area contributed by atoms with Crippen molar-refractivity contribution in [1.29, 1.82) is 0 Å². The number of carbonyl (C=O) groups is 2. The topological polar surface area (TPSA) is 49.4 Å². The predicted molar refractivity (Wildman–Crippen MR) is 98.4 cm³/mol. The van der Waals surface area contributed by atoms with Crippen molar-refractivity contribution in [3.63, 3.8) is 0 Å². The summed E-state index contributed by atoms with van der Waals surface area (Å²) in [6, 6.07) is 12.6. The van der Waals surface area contributed by atoms with E-state index in [1.54, 1.807) is 24.3 Å². The molecule has 5 heteroatoms. The molecule has 0 saturated carbocycles. The van der Waals surface area contributed by atoms with Crippen molar-refractivity contribution in [2.24, 2.45) is 0 Å². The fraction of sp³-hybridized carbons (Fsp3) is 0.263. The zero-order chi connectivity index (χ0) is 17.1. The van der Waals surface area contributed by atoms with E-state index in [0.29, 0.717) is 11.1 Å². The first kappa shape index (κ1) is 16.7. The number of aryl methyl sites for hydroxylation is 1. The highest BCUT2D eigenvalue weighted by Gasteiger charge is 2.19. The van der Waals surface area contributed by atoms with Crippen molar-refractivity contribution in [3.05, 3.63) is 63.6 Å². The van der Waals surface area contributed by atoms with Gasteiger partial charge in [0.15, 0.2) is 0 Å². The Morgan fingerprint density at radius 3 is 2.25 bits per heavy atom. The first-order chi connectivity index (χ1) is 11.5. The molecule has 2 amide bonds. The average molecular weight is 387 g/mol. The number of halogens is 1. The third-order valence-corrected chi connectivity index (χ3v) is 4.72. The monoisotopic (exact) mass is 386 g/mol. The summed E-state index contributed by atoms with van der Waals surface area (Å²) in [6.45, 7) is 3.59. The Bertz CT molecular complexity index is 765. The summed E-state index contributed by atoms with van der Waals surface area (Å²) < 4.78 is 0.975. The Labute approximate surface area is 150 Å². The lowest BCUT2D eigenvalue weighted by molar-refractivity contribution is 0.0792. The number of anilines is 1. The van der Waals surface area contributed by atoms with Crippen LogP contribution in [-0.2, 0) is 0 Å². The van der Waals surface area contributed by atoms with Crippen molar-refractivity contribution in [3.8, 4) is 0 Å². The maximum absolute atomic E-state index is 12.4. The van der Waals surface area contributed by atoms with E-state index in [0.717, 1.165) is 41.7 Å². The highest BCUT2D eigenvalue weighted by molar-refractivity contribution is 9.10. The SMILES string of the molecule is Cc1cc(Br)ccc1NC(=O)c1ccc(C(=O)N2CCCC2)cc1.